The van der Waals surface area contributed by atoms with E-state index in [1.807, 2.05) is 6.07 Å². The molecule has 138 valence electrons. The van der Waals surface area contributed by atoms with E-state index in [1.165, 1.54) is 25.3 Å². The first-order valence-corrected chi connectivity index (χ1v) is 8.02. The number of anilines is 1. The Hall–Kier alpha value is -3.50. The molecule has 0 aliphatic rings. The van der Waals surface area contributed by atoms with E-state index in [0.717, 1.165) is 0 Å². The molecule has 0 bridgehead atoms. The summed E-state index contributed by atoms with van der Waals surface area (Å²) in [6, 6.07) is 12.9. The minimum atomic E-state index is -1.12. The van der Waals surface area contributed by atoms with E-state index in [-0.39, 0.29) is 17.1 Å². The lowest BCUT2D eigenvalue weighted by Gasteiger charge is -2.10. The predicted molar refractivity (Wildman–Crippen MR) is 99.8 cm³/mol. The number of aliphatic carboxylic acids is 1. The van der Waals surface area contributed by atoms with Crippen LogP contribution in [0.15, 0.2) is 48.0 Å². The van der Waals surface area contributed by atoms with Crippen LogP contribution in [-0.4, -0.2) is 30.7 Å². The highest BCUT2D eigenvalue weighted by molar-refractivity contribution is 6.30. The van der Waals surface area contributed by atoms with Gasteiger partial charge in [-0.3, -0.25) is 4.79 Å². The molecule has 0 fully saturated rings. The standard InChI is InChI=1S/C19H15ClN2O5/c1-26-17-9-12(2-7-16(17)27-11-18(23)24)8-13(10-21)19(25)22-15-5-3-14(20)4-6-15/h2-9H,11H2,1H3,(H,22,25)(H,23,24)/b13-8+. The molecule has 0 radical (unpaired) electrons. The molecule has 0 atom stereocenters. The number of amides is 1. The summed E-state index contributed by atoms with van der Waals surface area (Å²) in [5.74, 6) is -1.18. The zero-order chi connectivity index (χ0) is 19.8. The lowest BCUT2D eigenvalue weighted by Crippen LogP contribution is -2.13. The fourth-order valence-electron chi connectivity index (χ4n) is 2.08. The highest BCUT2D eigenvalue weighted by atomic mass is 35.5. The van der Waals surface area contributed by atoms with Gasteiger partial charge in [0.1, 0.15) is 11.6 Å². The van der Waals surface area contributed by atoms with Crippen LogP contribution in [0.5, 0.6) is 11.5 Å². The molecule has 2 aromatic rings. The van der Waals surface area contributed by atoms with Gasteiger partial charge < -0.3 is 19.9 Å². The molecule has 0 saturated heterocycles. The van der Waals surface area contributed by atoms with Gasteiger partial charge in [-0.2, -0.15) is 5.26 Å². The Morgan fingerprint density at radius 1 is 1.22 bits per heavy atom. The van der Waals surface area contributed by atoms with E-state index in [0.29, 0.717) is 16.3 Å². The number of ether oxygens (including phenoxy) is 2. The SMILES string of the molecule is COc1cc(/C=C(\C#N)C(=O)Nc2ccc(Cl)cc2)ccc1OCC(=O)O. The maximum absolute atomic E-state index is 12.3. The number of carboxylic acid groups (broad SMARTS) is 1. The third-order valence-corrected chi connectivity index (χ3v) is 3.57. The monoisotopic (exact) mass is 386 g/mol. The van der Waals surface area contributed by atoms with Crippen molar-refractivity contribution in [2.45, 2.75) is 0 Å². The molecule has 1 amide bonds. The van der Waals surface area contributed by atoms with Crippen LogP contribution in [0, 0.1) is 11.3 Å². The lowest BCUT2D eigenvalue weighted by atomic mass is 10.1. The van der Waals surface area contributed by atoms with Crippen LogP contribution in [0.25, 0.3) is 6.08 Å². The van der Waals surface area contributed by atoms with E-state index < -0.39 is 18.5 Å². The van der Waals surface area contributed by atoms with Crippen molar-refractivity contribution in [2.24, 2.45) is 0 Å². The number of benzene rings is 2. The Morgan fingerprint density at radius 2 is 1.93 bits per heavy atom. The second-order valence-corrected chi connectivity index (χ2v) is 5.66. The summed E-state index contributed by atoms with van der Waals surface area (Å²) in [6.07, 6.45) is 1.38. The summed E-state index contributed by atoms with van der Waals surface area (Å²) in [6.45, 7) is -0.515. The first-order valence-electron chi connectivity index (χ1n) is 7.64. The third kappa shape index (κ3) is 5.76. The summed E-state index contributed by atoms with van der Waals surface area (Å²) >= 11 is 5.80. The molecule has 0 saturated carbocycles. The van der Waals surface area contributed by atoms with Crippen LogP contribution in [0.2, 0.25) is 5.02 Å². The Labute approximate surface area is 160 Å². The number of rotatable bonds is 7. The quantitative estimate of drug-likeness (QED) is 0.558. The smallest absolute Gasteiger partial charge is 0.341 e. The summed E-state index contributed by atoms with van der Waals surface area (Å²) in [4.78, 5) is 22.9. The van der Waals surface area contributed by atoms with E-state index in [9.17, 15) is 14.9 Å². The van der Waals surface area contributed by atoms with Crippen molar-refractivity contribution in [3.05, 3.63) is 58.6 Å². The van der Waals surface area contributed by atoms with Crippen LogP contribution < -0.4 is 14.8 Å². The van der Waals surface area contributed by atoms with Gasteiger partial charge in [-0.05, 0) is 48.0 Å². The first-order chi connectivity index (χ1) is 12.9. The number of methoxy groups -OCH3 is 1. The van der Waals surface area contributed by atoms with Crippen molar-refractivity contribution in [3.8, 4) is 17.6 Å². The van der Waals surface area contributed by atoms with Gasteiger partial charge in [-0.25, -0.2) is 4.79 Å². The Kier molecular flexibility index (Phi) is 6.80. The molecule has 0 aliphatic carbocycles. The number of halogens is 1. The van der Waals surface area contributed by atoms with E-state index >= 15 is 0 Å². The van der Waals surface area contributed by atoms with Gasteiger partial charge in [0.05, 0.1) is 7.11 Å². The molecule has 7 nitrogen and oxygen atoms in total. The third-order valence-electron chi connectivity index (χ3n) is 3.32. The minimum absolute atomic E-state index is 0.119. The van der Waals surface area contributed by atoms with Gasteiger partial charge >= 0.3 is 5.97 Å². The van der Waals surface area contributed by atoms with Gasteiger partial charge in [0.25, 0.3) is 5.91 Å². The summed E-state index contributed by atoms with van der Waals surface area (Å²) in [7, 11) is 1.40. The van der Waals surface area contributed by atoms with Crippen molar-refractivity contribution in [1.29, 1.82) is 5.26 Å². The molecule has 27 heavy (non-hydrogen) atoms. The van der Waals surface area contributed by atoms with Crippen LogP contribution in [0.4, 0.5) is 5.69 Å². The normalized spacial score (nSPS) is 10.6. The van der Waals surface area contributed by atoms with Gasteiger partial charge in [0.15, 0.2) is 18.1 Å². The average molecular weight is 387 g/mol. The number of nitrogens with zero attached hydrogens (tertiary/aromatic N) is 1. The fourth-order valence-corrected chi connectivity index (χ4v) is 2.21. The van der Waals surface area contributed by atoms with E-state index in [1.54, 1.807) is 30.3 Å². The van der Waals surface area contributed by atoms with Crippen LogP contribution in [0.1, 0.15) is 5.56 Å². The molecule has 0 aromatic heterocycles. The largest absolute Gasteiger partial charge is 0.493 e. The molecule has 2 aromatic carbocycles. The summed E-state index contributed by atoms with van der Waals surface area (Å²) in [5, 5.41) is 21.1. The van der Waals surface area contributed by atoms with Crippen LogP contribution >= 0.6 is 11.6 Å². The fraction of sp³-hybridized carbons (Fsp3) is 0.105. The molecular formula is C19H15ClN2O5. The second kappa shape index (κ2) is 9.27. The van der Waals surface area contributed by atoms with Gasteiger partial charge in [0, 0.05) is 10.7 Å². The van der Waals surface area contributed by atoms with Crippen LogP contribution in [-0.2, 0) is 9.59 Å². The zero-order valence-electron chi connectivity index (χ0n) is 14.2. The van der Waals surface area contributed by atoms with E-state index in [2.05, 4.69) is 5.32 Å². The molecule has 0 aliphatic heterocycles. The Morgan fingerprint density at radius 3 is 2.52 bits per heavy atom. The maximum Gasteiger partial charge on any atom is 0.341 e. The number of nitriles is 1. The molecule has 0 heterocycles. The van der Waals surface area contributed by atoms with Crippen molar-refractivity contribution < 1.29 is 24.2 Å². The number of carbonyl (C=O) groups excluding carboxylic acids is 1. The van der Waals surface area contributed by atoms with Crippen molar-refractivity contribution in [2.75, 3.05) is 19.0 Å². The molecule has 2 N–H and O–H groups in total. The number of carbonyl (C=O) groups is 2. The maximum atomic E-state index is 12.3. The Balaban J connectivity index is 2.20. The highest BCUT2D eigenvalue weighted by Crippen LogP contribution is 2.29. The number of carboxylic acids is 1. The van der Waals surface area contributed by atoms with Crippen LogP contribution in [0.3, 0.4) is 0 Å². The topological polar surface area (TPSA) is 109 Å². The molecule has 2 rings (SSSR count). The molecule has 8 heteroatoms. The molecular weight excluding hydrogens is 372 g/mol. The zero-order valence-corrected chi connectivity index (χ0v) is 15.0. The lowest BCUT2D eigenvalue weighted by molar-refractivity contribution is -0.139. The summed E-state index contributed by atoms with van der Waals surface area (Å²) in [5.41, 5.74) is 0.893. The van der Waals surface area contributed by atoms with E-state index in [4.69, 9.17) is 26.2 Å². The number of hydrogen-bond acceptors (Lipinski definition) is 5. The highest BCUT2D eigenvalue weighted by Gasteiger charge is 2.12. The summed E-state index contributed by atoms with van der Waals surface area (Å²) < 4.78 is 10.3. The molecule has 0 spiro atoms. The van der Waals surface area contributed by atoms with Crippen molar-refractivity contribution in [1.82, 2.24) is 0 Å². The van der Waals surface area contributed by atoms with Crippen molar-refractivity contribution >= 4 is 35.2 Å². The predicted octanol–water partition coefficient (Wildman–Crippen LogP) is 3.36. The van der Waals surface area contributed by atoms with Gasteiger partial charge in [-0.1, -0.05) is 17.7 Å². The Bertz CT molecular complexity index is 917. The minimum Gasteiger partial charge on any atom is -0.493 e. The van der Waals surface area contributed by atoms with Gasteiger partial charge in [-0.15, -0.1) is 0 Å². The average Bonchev–Trinajstić information content (AvgIpc) is 2.66. The second-order valence-electron chi connectivity index (χ2n) is 5.22. The number of hydrogen-bond donors (Lipinski definition) is 2. The van der Waals surface area contributed by atoms with Gasteiger partial charge in [0.2, 0.25) is 0 Å². The first kappa shape index (κ1) is 19.8. The number of nitrogens with one attached hydrogen (secondary N) is 1. The van der Waals surface area contributed by atoms with Crippen molar-refractivity contribution in [3.63, 3.8) is 0 Å². The molecule has 0 unspecified atom stereocenters.